The molecule has 0 saturated carbocycles. The van der Waals surface area contributed by atoms with Crippen molar-refractivity contribution in [2.75, 3.05) is 0 Å². The van der Waals surface area contributed by atoms with Crippen LogP contribution >= 0.6 is 15.9 Å². The van der Waals surface area contributed by atoms with Crippen LogP contribution in [0.1, 0.15) is 16.2 Å². The van der Waals surface area contributed by atoms with E-state index in [1.807, 2.05) is 0 Å². The summed E-state index contributed by atoms with van der Waals surface area (Å²) < 4.78 is 7.46. The van der Waals surface area contributed by atoms with Crippen molar-refractivity contribution < 1.29 is 14.3 Å². The molecule has 3 heterocycles. The number of halogens is 1. The van der Waals surface area contributed by atoms with Crippen molar-refractivity contribution in [3.8, 4) is 11.4 Å². The molecule has 0 aliphatic carbocycles. The second-order valence-electron chi connectivity index (χ2n) is 4.17. The van der Waals surface area contributed by atoms with E-state index in [9.17, 15) is 9.90 Å². The second kappa shape index (κ2) is 5.49. The minimum atomic E-state index is -1.15. The minimum Gasteiger partial charge on any atom is -0.476 e. The quantitative estimate of drug-likeness (QED) is 0.778. The van der Waals surface area contributed by atoms with Crippen LogP contribution in [0.2, 0.25) is 0 Å². The molecule has 3 rings (SSSR count). The lowest BCUT2D eigenvalue weighted by atomic mass is 10.2. The van der Waals surface area contributed by atoms with Crippen molar-refractivity contribution in [2.24, 2.45) is 0 Å². The van der Waals surface area contributed by atoms with Gasteiger partial charge in [0, 0.05) is 6.20 Å². The third kappa shape index (κ3) is 2.70. The Morgan fingerprint density at radius 3 is 2.81 bits per heavy atom. The summed E-state index contributed by atoms with van der Waals surface area (Å²) in [7, 11) is 0. The van der Waals surface area contributed by atoms with E-state index in [0.717, 1.165) is 0 Å². The number of hydrogen-bond acceptors (Lipinski definition) is 5. The molecule has 3 aromatic heterocycles. The van der Waals surface area contributed by atoms with Crippen molar-refractivity contribution >= 4 is 21.9 Å². The first-order valence-electron chi connectivity index (χ1n) is 5.97. The molecule has 0 radical (unpaired) electrons. The topological polar surface area (TPSA) is 94.0 Å². The zero-order valence-electron chi connectivity index (χ0n) is 10.6. The summed E-state index contributed by atoms with van der Waals surface area (Å²) in [5.74, 6) is -0.525. The highest BCUT2D eigenvalue weighted by atomic mass is 79.9. The maximum Gasteiger partial charge on any atom is 0.358 e. The number of nitrogens with zero attached hydrogens (tertiary/aromatic N) is 4. The van der Waals surface area contributed by atoms with Gasteiger partial charge >= 0.3 is 5.97 Å². The fourth-order valence-corrected chi connectivity index (χ4v) is 2.25. The number of aromatic nitrogens is 4. The van der Waals surface area contributed by atoms with Crippen LogP contribution in [0.4, 0.5) is 0 Å². The summed E-state index contributed by atoms with van der Waals surface area (Å²) in [6.07, 6.45) is 1.59. The number of pyridine rings is 1. The molecule has 0 aromatic carbocycles. The molecule has 8 heteroatoms. The van der Waals surface area contributed by atoms with Crippen LogP contribution in [0.15, 0.2) is 45.6 Å². The number of carbonyl (C=O) groups is 1. The number of aromatic carboxylic acids is 1. The van der Waals surface area contributed by atoms with E-state index in [4.69, 9.17) is 4.42 Å². The van der Waals surface area contributed by atoms with Crippen LogP contribution in [-0.2, 0) is 6.54 Å². The molecule has 106 valence electrons. The molecule has 0 saturated heterocycles. The number of hydrogen-bond donors (Lipinski definition) is 1. The summed E-state index contributed by atoms with van der Waals surface area (Å²) in [5, 5.41) is 16.8. The van der Waals surface area contributed by atoms with Gasteiger partial charge in [0.2, 0.25) is 0 Å². The molecule has 0 bridgehead atoms. The largest absolute Gasteiger partial charge is 0.476 e. The summed E-state index contributed by atoms with van der Waals surface area (Å²) >= 11 is 3.22. The van der Waals surface area contributed by atoms with E-state index >= 15 is 0 Å². The lowest BCUT2D eigenvalue weighted by molar-refractivity contribution is 0.0691. The molecule has 0 atom stereocenters. The number of rotatable bonds is 4. The van der Waals surface area contributed by atoms with Crippen LogP contribution in [0, 0.1) is 0 Å². The van der Waals surface area contributed by atoms with Crippen molar-refractivity contribution in [2.45, 2.75) is 6.54 Å². The highest BCUT2D eigenvalue weighted by molar-refractivity contribution is 9.10. The molecular weight excluding hydrogens is 340 g/mol. The first-order valence-corrected chi connectivity index (χ1v) is 6.77. The van der Waals surface area contributed by atoms with Gasteiger partial charge in [-0.25, -0.2) is 9.48 Å². The zero-order valence-corrected chi connectivity index (χ0v) is 12.2. The van der Waals surface area contributed by atoms with Gasteiger partial charge in [-0.05, 0) is 40.2 Å². The van der Waals surface area contributed by atoms with E-state index in [1.54, 1.807) is 36.5 Å². The number of furan rings is 1. The predicted molar refractivity (Wildman–Crippen MR) is 75.7 cm³/mol. The normalized spacial score (nSPS) is 10.7. The minimum absolute atomic E-state index is 0.140. The summed E-state index contributed by atoms with van der Waals surface area (Å²) in [5.41, 5.74) is 0.695. The molecule has 3 aromatic rings. The zero-order chi connectivity index (χ0) is 14.8. The Labute approximate surface area is 127 Å². The van der Waals surface area contributed by atoms with E-state index in [2.05, 4.69) is 31.2 Å². The summed E-state index contributed by atoms with van der Waals surface area (Å²) in [4.78, 5) is 15.5. The Balaban J connectivity index is 2.07. The fraction of sp³-hybridized carbons (Fsp3) is 0.0769. The van der Waals surface area contributed by atoms with Gasteiger partial charge in [0.1, 0.15) is 18.0 Å². The first kappa shape index (κ1) is 13.5. The van der Waals surface area contributed by atoms with Gasteiger partial charge < -0.3 is 9.52 Å². The Hall–Kier alpha value is -2.48. The van der Waals surface area contributed by atoms with Crippen molar-refractivity contribution in [1.82, 2.24) is 20.0 Å². The van der Waals surface area contributed by atoms with E-state index in [0.29, 0.717) is 21.8 Å². The van der Waals surface area contributed by atoms with E-state index in [-0.39, 0.29) is 12.2 Å². The van der Waals surface area contributed by atoms with E-state index < -0.39 is 5.97 Å². The van der Waals surface area contributed by atoms with Gasteiger partial charge in [0.15, 0.2) is 10.4 Å². The number of carboxylic acid groups (broad SMARTS) is 1. The number of carboxylic acids is 1. The van der Waals surface area contributed by atoms with Gasteiger partial charge in [-0.2, -0.15) is 0 Å². The molecule has 0 fully saturated rings. The van der Waals surface area contributed by atoms with Gasteiger partial charge in [-0.1, -0.05) is 11.3 Å². The molecule has 7 nitrogen and oxygen atoms in total. The third-order valence-electron chi connectivity index (χ3n) is 2.78. The van der Waals surface area contributed by atoms with Gasteiger partial charge in [0.05, 0.1) is 5.69 Å². The Morgan fingerprint density at radius 2 is 2.19 bits per heavy atom. The van der Waals surface area contributed by atoms with E-state index in [1.165, 1.54) is 4.68 Å². The van der Waals surface area contributed by atoms with Crippen molar-refractivity contribution in [1.29, 1.82) is 0 Å². The van der Waals surface area contributed by atoms with Crippen LogP contribution in [0.25, 0.3) is 11.4 Å². The van der Waals surface area contributed by atoms with Gasteiger partial charge in [-0.15, -0.1) is 5.10 Å². The highest BCUT2D eigenvalue weighted by Crippen LogP contribution is 2.22. The monoisotopic (exact) mass is 348 g/mol. The van der Waals surface area contributed by atoms with Gasteiger partial charge in [-0.3, -0.25) is 4.98 Å². The SMILES string of the molecule is O=C(O)c1nnn(Cc2ccc(Br)o2)c1-c1ccccn1. The maximum absolute atomic E-state index is 11.3. The van der Waals surface area contributed by atoms with Crippen LogP contribution in [0.5, 0.6) is 0 Å². The molecule has 0 aliphatic heterocycles. The Bertz CT molecular complexity index is 782. The smallest absolute Gasteiger partial charge is 0.358 e. The molecular formula is C13H9BrN4O3. The lowest BCUT2D eigenvalue weighted by Gasteiger charge is -2.04. The van der Waals surface area contributed by atoms with Crippen LogP contribution in [-0.4, -0.2) is 31.1 Å². The Kier molecular flexibility index (Phi) is 3.53. The molecule has 0 unspecified atom stereocenters. The average molecular weight is 349 g/mol. The van der Waals surface area contributed by atoms with Gasteiger partial charge in [0.25, 0.3) is 0 Å². The standard InChI is InChI=1S/C13H9BrN4O3/c14-10-5-4-8(21-10)7-18-12(9-3-1-2-6-15-9)11(13(19)20)16-17-18/h1-6H,7H2,(H,19,20). The molecule has 0 aliphatic rings. The Morgan fingerprint density at radius 1 is 1.33 bits per heavy atom. The van der Waals surface area contributed by atoms with Crippen molar-refractivity contribution in [3.63, 3.8) is 0 Å². The molecule has 0 spiro atoms. The van der Waals surface area contributed by atoms with Crippen molar-refractivity contribution in [3.05, 3.63) is 52.7 Å². The van der Waals surface area contributed by atoms with Crippen LogP contribution in [0.3, 0.4) is 0 Å². The fourth-order valence-electron chi connectivity index (χ4n) is 1.91. The molecule has 0 amide bonds. The predicted octanol–water partition coefficient (Wildman–Crippen LogP) is 2.44. The average Bonchev–Trinajstić information content (AvgIpc) is 3.07. The maximum atomic E-state index is 11.3. The molecule has 1 N–H and O–H groups in total. The lowest BCUT2D eigenvalue weighted by Crippen LogP contribution is -2.06. The highest BCUT2D eigenvalue weighted by Gasteiger charge is 2.22. The second-order valence-corrected chi connectivity index (χ2v) is 4.95. The third-order valence-corrected chi connectivity index (χ3v) is 3.21. The summed E-state index contributed by atoms with van der Waals surface area (Å²) in [6.45, 7) is 0.262. The van der Waals surface area contributed by atoms with Crippen LogP contribution < -0.4 is 0 Å². The summed E-state index contributed by atoms with van der Waals surface area (Å²) in [6, 6.07) is 8.76. The molecule has 21 heavy (non-hydrogen) atoms. The first-order chi connectivity index (χ1) is 10.1.